The molecule has 32 heavy (non-hydrogen) atoms. The fraction of sp³-hybridized carbons (Fsp3) is 0.423. The summed E-state index contributed by atoms with van der Waals surface area (Å²) in [5, 5.41) is 11.0. The van der Waals surface area contributed by atoms with E-state index in [4.69, 9.17) is 13.9 Å². The third-order valence-corrected chi connectivity index (χ3v) is 5.95. The van der Waals surface area contributed by atoms with E-state index in [2.05, 4.69) is 18.7 Å². The van der Waals surface area contributed by atoms with E-state index >= 15 is 0 Å². The zero-order valence-electron chi connectivity index (χ0n) is 19.2. The summed E-state index contributed by atoms with van der Waals surface area (Å²) >= 11 is 0. The van der Waals surface area contributed by atoms with Crippen LogP contribution < -0.4 is 14.9 Å². The maximum absolute atomic E-state index is 13.4. The van der Waals surface area contributed by atoms with Crippen LogP contribution in [0.4, 0.5) is 0 Å². The maximum atomic E-state index is 13.4. The smallest absolute Gasteiger partial charge is 0.235 e. The van der Waals surface area contributed by atoms with Gasteiger partial charge in [-0.1, -0.05) is 26.0 Å². The van der Waals surface area contributed by atoms with Crippen molar-refractivity contribution >= 4 is 11.0 Å². The number of nitrogens with zero attached hydrogens (tertiary/aromatic N) is 1. The third-order valence-electron chi connectivity index (χ3n) is 5.95. The molecule has 0 radical (unpaired) electrons. The number of piperidine rings is 1. The average molecular weight is 438 g/mol. The lowest BCUT2D eigenvalue weighted by atomic mass is 9.91. The highest BCUT2D eigenvalue weighted by molar-refractivity contribution is 5.83. The Morgan fingerprint density at radius 2 is 1.78 bits per heavy atom. The van der Waals surface area contributed by atoms with Gasteiger partial charge >= 0.3 is 0 Å². The number of likely N-dealkylation sites (tertiary alicyclic amines) is 1. The zero-order chi connectivity index (χ0) is 22.8. The van der Waals surface area contributed by atoms with Crippen LogP contribution in [-0.2, 0) is 6.54 Å². The first-order valence-corrected chi connectivity index (χ1v) is 11.3. The fourth-order valence-corrected chi connectivity index (χ4v) is 4.73. The zero-order valence-corrected chi connectivity index (χ0v) is 19.2. The van der Waals surface area contributed by atoms with Crippen LogP contribution in [0.5, 0.6) is 23.0 Å². The molecule has 1 N–H and O–H groups in total. The van der Waals surface area contributed by atoms with Crippen molar-refractivity contribution in [1.82, 2.24) is 4.90 Å². The number of hydrogen-bond acceptors (Lipinski definition) is 6. The van der Waals surface area contributed by atoms with Gasteiger partial charge in [0.05, 0.1) is 17.6 Å². The first-order valence-electron chi connectivity index (χ1n) is 11.3. The molecule has 2 unspecified atom stereocenters. The minimum absolute atomic E-state index is 0.126. The summed E-state index contributed by atoms with van der Waals surface area (Å²) in [6.45, 7) is 11.0. The van der Waals surface area contributed by atoms with Gasteiger partial charge in [-0.2, -0.15) is 0 Å². The number of ether oxygens (including phenoxy) is 2. The second kappa shape index (κ2) is 9.25. The van der Waals surface area contributed by atoms with E-state index in [9.17, 15) is 9.90 Å². The fourth-order valence-electron chi connectivity index (χ4n) is 4.73. The van der Waals surface area contributed by atoms with Gasteiger partial charge in [-0.25, -0.2) is 0 Å². The Kier molecular flexibility index (Phi) is 6.42. The van der Waals surface area contributed by atoms with Crippen molar-refractivity contribution < 1.29 is 19.0 Å². The normalized spacial score (nSPS) is 19.2. The number of hydrogen-bond donors (Lipinski definition) is 1. The van der Waals surface area contributed by atoms with Crippen molar-refractivity contribution in [3.05, 3.63) is 57.9 Å². The van der Waals surface area contributed by atoms with Crippen LogP contribution in [0.2, 0.25) is 0 Å². The summed E-state index contributed by atoms with van der Waals surface area (Å²) in [5.41, 5.74) is 0.797. The molecule has 1 aliphatic rings. The van der Waals surface area contributed by atoms with E-state index in [-0.39, 0.29) is 16.9 Å². The van der Waals surface area contributed by atoms with Crippen LogP contribution in [0.15, 0.2) is 45.6 Å². The molecule has 2 aromatic carbocycles. The van der Waals surface area contributed by atoms with Crippen molar-refractivity contribution in [3.63, 3.8) is 0 Å². The van der Waals surface area contributed by atoms with Crippen molar-refractivity contribution in [2.24, 2.45) is 11.8 Å². The minimum atomic E-state index is -0.267. The molecule has 0 saturated carbocycles. The molecule has 170 valence electrons. The van der Waals surface area contributed by atoms with Gasteiger partial charge in [0, 0.05) is 19.6 Å². The Morgan fingerprint density at radius 3 is 2.47 bits per heavy atom. The van der Waals surface area contributed by atoms with E-state index in [1.165, 1.54) is 6.42 Å². The van der Waals surface area contributed by atoms with Gasteiger partial charge in [0.1, 0.15) is 17.1 Å². The number of phenols is 1. The third kappa shape index (κ3) is 4.46. The van der Waals surface area contributed by atoms with Gasteiger partial charge in [0.25, 0.3) is 0 Å². The molecule has 2 atom stereocenters. The quantitative estimate of drug-likeness (QED) is 0.551. The molecule has 1 saturated heterocycles. The van der Waals surface area contributed by atoms with Gasteiger partial charge in [-0.3, -0.25) is 9.69 Å². The van der Waals surface area contributed by atoms with E-state index in [1.54, 1.807) is 31.2 Å². The van der Waals surface area contributed by atoms with Crippen molar-refractivity contribution in [1.29, 1.82) is 0 Å². The molecular formula is C26H31NO5. The second-order valence-corrected chi connectivity index (χ2v) is 8.88. The maximum Gasteiger partial charge on any atom is 0.235 e. The molecule has 2 heterocycles. The molecule has 0 spiro atoms. The largest absolute Gasteiger partial charge is 0.507 e. The van der Waals surface area contributed by atoms with E-state index in [0.29, 0.717) is 58.8 Å². The van der Waals surface area contributed by atoms with Gasteiger partial charge < -0.3 is 19.0 Å². The molecule has 1 fully saturated rings. The summed E-state index contributed by atoms with van der Waals surface area (Å²) in [4.78, 5) is 15.7. The molecule has 6 heteroatoms. The Hall–Kier alpha value is -2.99. The number of benzene rings is 2. The van der Waals surface area contributed by atoms with E-state index < -0.39 is 0 Å². The summed E-state index contributed by atoms with van der Waals surface area (Å²) < 4.78 is 17.7. The highest BCUT2D eigenvalue weighted by Gasteiger charge is 2.25. The molecular weight excluding hydrogens is 406 g/mol. The number of fused-ring (bicyclic) bond motifs is 1. The summed E-state index contributed by atoms with van der Waals surface area (Å²) in [6, 6.07) is 10.4. The first kappa shape index (κ1) is 22.2. The monoisotopic (exact) mass is 437 g/mol. The molecule has 1 aliphatic heterocycles. The standard InChI is InChI=1S/C26H31NO5/c1-5-30-22-8-6-7-9-23(22)32-25-18(4)31-26-19(24(25)29)10-11-21(28)20(26)15-27-13-16(2)12-17(3)14-27/h6-11,16-17,28H,5,12-15H2,1-4H3. The van der Waals surface area contributed by atoms with E-state index in [0.717, 1.165) is 13.1 Å². The number of aromatic hydroxyl groups is 1. The first-order chi connectivity index (χ1) is 15.4. The minimum Gasteiger partial charge on any atom is -0.507 e. The van der Waals surface area contributed by atoms with Crippen LogP contribution in [0.25, 0.3) is 11.0 Å². The van der Waals surface area contributed by atoms with Crippen LogP contribution >= 0.6 is 0 Å². The summed E-state index contributed by atoms with van der Waals surface area (Å²) in [5.74, 6) is 2.84. The number of phenolic OH excluding ortho intramolecular Hbond substituents is 1. The molecule has 0 aliphatic carbocycles. The van der Waals surface area contributed by atoms with Gasteiger partial charge in [0.2, 0.25) is 11.2 Å². The van der Waals surface area contributed by atoms with Crippen molar-refractivity contribution in [3.8, 4) is 23.0 Å². The average Bonchev–Trinajstić information content (AvgIpc) is 2.74. The molecule has 3 aromatic rings. The van der Waals surface area contributed by atoms with Crippen LogP contribution in [0.1, 0.15) is 38.5 Å². The summed E-state index contributed by atoms with van der Waals surface area (Å²) in [6.07, 6.45) is 1.20. The molecule has 4 rings (SSSR count). The van der Waals surface area contributed by atoms with Gasteiger partial charge in [-0.15, -0.1) is 0 Å². The summed E-state index contributed by atoms with van der Waals surface area (Å²) in [7, 11) is 0. The highest BCUT2D eigenvalue weighted by Crippen LogP contribution is 2.35. The van der Waals surface area contributed by atoms with Crippen LogP contribution in [0.3, 0.4) is 0 Å². The lowest BCUT2D eigenvalue weighted by molar-refractivity contribution is 0.133. The Balaban J connectivity index is 1.74. The SMILES string of the molecule is CCOc1ccccc1Oc1c(C)oc2c(CN3CC(C)CC(C)C3)c(O)ccc2c1=O. The van der Waals surface area contributed by atoms with Crippen LogP contribution in [-0.4, -0.2) is 29.7 Å². The van der Waals surface area contributed by atoms with Gasteiger partial charge in [-0.05, 0) is 56.4 Å². The lowest BCUT2D eigenvalue weighted by Gasteiger charge is -2.35. The Morgan fingerprint density at radius 1 is 1.09 bits per heavy atom. The predicted molar refractivity (Wildman–Crippen MR) is 125 cm³/mol. The number of para-hydroxylation sites is 2. The molecule has 0 amide bonds. The van der Waals surface area contributed by atoms with Crippen LogP contribution in [0, 0.1) is 18.8 Å². The highest BCUT2D eigenvalue weighted by atomic mass is 16.5. The molecule has 0 bridgehead atoms. The van der Waals surface area contributed by atoms with Gasteiger partial charge in [0.15, 0.2) is 11.5 Å². The van der Waals surface area contributed by atoms with Crippen molar-refractivity contribution in [2.45, 2.75) is 40.7 Å². The lowest BCUT2D eigenvalue weighted by Crippen LogP contribution is -2.38. The van der Waals surface area contributed by atoms with E-state index in [1.807, 2.05) is 19.1 Å². The van der Waals surface area contributed by atoms with Crippen molar-refractivity contribution in [2.75, 3.05) is 19.7 Å². The predicted octanol–water partition coefficient (Wildman–Crippen LogP) is 5.48. The second-order valence-electron chi connectivity index (χ2n) is 8.88. The number of aryl methyl sites for hydroxylation is 1. The number of rotatable bonds is 6. The Labute approximate surface area is 188 Å². The Bertz CT molecular complexity index is 1160. The topological polar surface area (TPSA) is 72.1 Å². The molecule has 6 nitrogen and oxygen atoms in total. The molecule has 1 aromatic heterocycles.